The Bertz CT molecular complexity index is 1490. The number of carbonyl (C=O) groups is 2. The Balaban J connectivity index is 1.76. The van der Waals surface area contributed by atoms with E-state index in [1.807, 2.05) is 18.2 Å². The molecule has 5 rings (SSSR count). The highest BCUT2D eigenvalue weighted by molar-refractivity contribution is 6.36. The van der Waals surface area contributed by atoms with Crippen LogP contribution in [-0.2, 0) is 5.66 Å². The largest absolute Gasteiger partial charge is 0.478 e. The highest BCUT2D eigenvalue weighted by atomic mass is 35.5. The lowest BCUT2D eigenvalue weighted by Gasteiger charge is -2.35. The van der Waals surface area contributed by atoms with E-state index >= 15 is 0 Å². The van der Waals surface area contributed by atoms with Crippen molar-refractivity contribution in [2.45, 2.75) is 5.66 Å². The molecule has 36 heavy (non-hydrogen) atoms. The van der Waals surface area contributed by atoms with Gasteiger partial charge in [0.1, 0.15) is 11.5 Å². The predicted octanol–water partition coefficient (Wildman–Crippen LogP) is 6.32. The van der Waals surface area contributed by atoms with Crippen LogP contribution in [0.3, 0.4) is 0 Å². The molecule has 1 aliphatic rings. The molecule has 5 N–H and O–H groups in total. The van der Waals surface area contributed by atoms with Crippen LogP contribution < -0.4 is 21.1 Å². The summed E-state index contributed by atoms with van der Waals surface area (Å²) in [4.78, 5) is 23.6. The van der Waals surface area contributed by atoms with Crippen molar-refractivity contribution in [1.82, 2.24) is 0 Å². The van der Waals surface area contributed by atoms with Crippen molar-refractivity contribution < 1.29 is 19.4 Å². The third kappa shape index (κ3) is 4.08. The summed E-state index contributed by atoms with van der Waals surface area (Å²) in [5.41, 5.74) is 6.81. The maximum atomic E-state index is 12.0. The number of nitrogens with one attached hydrogen (secondary N) is 2. The van der Waals surface area contributed by atoms with Crippen LogP contribution >= 0.6 is 23.2 Å². The van der Waals surface area contributed by atoms with Gasteiger partial charge in [-0.3, -0.25) is 4.79 Å². The third-order valence-corrected chi connectivity index (χ3v) is 6.52. The number of nitrogens with two attached hydrogens (primary N) is 1. The number of hydrogen-bond donors (Lipinski definition) is 4. The molecule has 0 saturated heterocycles. The normalized spacial score (nSPS) is 15.9. The highest BCUT2D eigenvalue weighted by Crippen LogP contribution is 2.50. The van der Waals surface area contributed by atoms with Gasteiger partial charge in [0.2, 0.25) is 5.91 Å². The molecule has 1 amide bonds. The van der Waals surface area contributed by atoms with E-state index in [0.29, 0.717) is 44.0 Å². The van der Waals surface area contributed by atoms with Crippen LogP contribution in [0.5, 0.6) is 11.5 Å². The number of anilines is 2. The van der Waals surface area contributed by atoms with Gasteiger partial charge in [-0.2, -0.15) is 0 Å². The zero-order chi connectivity index (χ0) is 25.4. The Morgan fingerprint density at radius 2 is 1.47 bits per heavy atom. The van der Waals surface area contributed by atoms with E-state index in [0.717, 1.165) is 0 Å². The number of amides is 1. The average molecular weight is 520 g/mol. The molecule has 0 aliphatic carbocycles. The Hall–Kier alpha value is -4.20. The SMILES string of the molecule is NC(=O)c1ccc(C2(c3c(Cl)cccc3Cl)Nc3ccc(C(=O)O)cc3N2)c(Oc2ccccc2)c1. The van der Waals surface area contributed by atoms with Gasteiger partial charge in [0, 0.05) is 26.7 Å². The van der Waals surface area contributed by atoms with E-state index in [9.17, 15) is 14.7 Å². The first-order chi connectivity index (χ1) is 17.3. The van der Waals surface area contributed by atoms with E-state index in [1.54, 1.807) is 54.6 Å². The number of fused-ring (bicyclic) bond motifs is 1. The standard InChI is InChI=1S/C27H19Cl2N3O4/c28-19-7-4-8-20(29)24(19)27(31-21-12-10-16(26(34)35)13-22(21)32-27)18-11-9-15(25(30)33)14-23(18)36-17-5-2-1-3-6-17/h1-14,31-32H,(H2,30,33)(H,34,35). The molecule has 0 fully saturated rings. The number of carboxylic acids is 1. The fourth-order valence-corrected chi connectivity index (χ4v) is 4.94. The van der Waals surface area contributed by atoms with Crippen LogP contribution in [0.25, 0.3) is 0 Å². The number of aromatic carboxylic acids is 1. The number of benzene rings is 4. The smallest absolute Gasteiger partial charge is 0.335 e. The van der Waals surface area contributed by atoms with E-state index < -0.39 is 17.5 Å². The van der Waals surface area contributed by atoms with Gasteiger partial charge in [-0.05, 0) is 60.7 Å². The van der Waals surface area contributed by atoms with E-state index in [4.69, 9.17) is 33.7 Å². The van der Waals surface area contributed by atoms with Crippen LogP contribution in [0.4, 0.5) is 11.4 Å². The van der Waals surface area contributed by atoms with Crippen molar-refractivity contribution in [3.8, 4) is 11.5 Å². The van der Waals surface area contributed by atoms with Gasteiger partial charge in [0.15, 0.2) is 5.66 Å². The minimum absolute atomic E-state index is 0.106. The molecular weight excluding hydrogens is 501 g/mol. The maximum absolute atomic E-state index is 12.0. The van der Waals surface area contributed by atoms with Crippen molar-refractivity contribution in [2.75, 3.05) is 10.6 Å². The summed E-state index contributed by atoms with van der Waals surface area (Å²) in [6.07, 6.45) is 0. The Labute approximate surface area is 216 Å². The molecule has 0 saturated carbocycles. The molecule has 1 heterocycles. The summed E-state index contributed by atoms with van der Waals surface area (Å²) in [6, 6.07) is 23.7. The van der Waals surface area contributed by atoms with Crippen molar-refractivity contribution in [2.24, 2.45) is 5.73 Å². The molecule has 0 bridgehead atoms. The highest BCUT2D eigenvalue weighted by Gasteiger charge is 2.45. The molecule has 0 radical (unpaired) electrons. The minimum atomic E-state index is -1.28. The van der Waals surface area contributed by atoms with Gasteiger partial charge in [-0.15, -0.1) is 0 Å². The molecule has 1 aliphatic heterocycles. The zero-order valence-corrected chi connectivity index (χ0v) is 20.1. The first kappa shape index (κ1) is 23.5. The van der Waals surface area contributed by atoms with Crippen molar-refractivity contribution in [1.29, 1.82) is 0 Å². The molecule has 180 valence electrons. The molecule has 4 aromatic rings. The predicted molar refractivity (Wildman–Crippen MR) is 139 cm³/mol. The molecule has 1 atom stereocenters. The summed E-state index contributed by atoms with van der Waals surface area (Å²) in [7, 11) is 0. The van der Waals surface area contributed by atoms with E-state index in [1.165, 1.54) is 12.1 Å². The second-order valence-electron chi connectivity index (χ2n) is 8.15. The Morgan fingerprint density at radius 1 is 0.806 bits per heavy atom. The van der Waals surface area contributed by atoms with Gasteiger partial charge >= 0.3 is 5.97 Å². The van der Waals surface area contributed by atoms with Crippen LogP contribution in [0.15, 0.2) is 84.9 Å². The van der Waals surface area contributed by atoms with Gasteiger partial charge < -0.3 is 26.2 Å². The van der Waals surface area contributed by atoms with Crippen molar-refractivity contribution in [3.05, 3.63) is 117 Å². The van der Waals surface area contributed by atoms with Crippen LogP contribution in [-0.4, -0.2) is 17.0 Å². The second-order valence-corrected chi connectivity index (χ2v) is 8.97. The summed E-state index contributed by atoms with van der Waals surface area (Å²) in [5.74, 6) is -0.831. The lowest BCUT2D eigenvalue weighted by molar-refractivity contribution is 0.0696. The number of hydrogen-bond acceptors (Lipinski definition) is 5. The third-order valence-electron chi connectivity index (χ3n) is 5.89. The minimum Gasteiger partial charge on any atom is -0.478 e. The number of carboxylic acid groups (broad SMARTS) is 1. The van der Waals surface area contributed by atoms with E-state index in [2.05, 4.69) is 10.6 Å². The Kier molecular flexibility index (Phi) is 5.96. The maximum Gasteiger partial charge on any atom is 0.335 e. The molecule has 9 heteroatoms. The molecule has 1 unspecified atom stereocenters. The second kappa shape index (κ2) is 9.11. The summed E-state index contributed by atoms with van der Waals surface area (Å²) >= 11 is 13.4. The zero-order valence-electron chi connectivity index (χ0n) is 18.6. The molecule has 7 nitrogen and oxygen atoms in total. The van der Waals surface area contributed by atoms with Crippen molar-refractivity contribution in [3.63, 3.8) is 0 Å². The number of rotatable bonds is 6. The lowest BCUT2D eigenvalue weighted by Crippen LogP contribution is -2.41. The molecule has 0 aromatic heterocycles. The quantitative estimate of drug-likeness (QED) is 0.237. The summed E-state index contributed by atoms with van der Waals surface area (Å²) in [5, 5.41) is 17.1. The fraction of sp³-hybridized carbons (Fsp3) is 0.0370. The number of primary amides is 1. The van der Waals surface area contributed by atoms with Gasteiger partial charge in [-0.25, -0.2) is 4.79 Å². The van der Waals surface area contributed by atoms with Crippen molar-refractivity contribution >= 4 is 46.5 Å². The first-order valence-electron chi connectivity index (χ1n) is 10.8. The lowest BCUT2D eigenvalue weighted by atomic mass is 9.89. The molecular formula is C27H19Cl2N3O4. The monoisotopic (exact) mass is 519 g/mol. The Morgan fingerprint density at radius 3 is 2.14 bits per heavy atom. The first-order valence-corrected chi connectivity index (χ1v) is 11.6. The van der Waals surface area contributed by atoms with Crippen LogP contribution in [0.1, 0.15) is 31.8 Å². The number of ether oxygens (including phenoxy) is 1. The van der Waals surface area contributed by atoms with Crippen LogP contribution in [0.2, 0.25) is 10.0 Å². The van der Waals surface area contributed by atoms with E-state index in [-0.39, 0.29) is 11.1 Å². The fourth-order valence-electron chi connectivity index (χ4n) is 4.26. The van der Waals surface area contributed by atoms with Crippen LogP contribution in [0, 0.1) is 0 Å². The average Bonchev–Trinajstić information content (AvgIpc) is 3.23. The topological polar surface area (TPSA) is 114 Å². The van der Waals surface area contributed by atoms with Gasteiger partial charge in [0.05, 0.1) is 16.9 Å². The summed E-state index contributed by atoms with van der Waals surface area (Å²) < 4.78 is 6.23. The molecule has 0 spiro atoms. The van der Waals surface area contributed by atoms with Gasteiger partial charge in [0.25, 0.3) is 0 Å². The molecule has 4 aromatic carbocycles. The number of para-hydroxylation sites is 1. The number of carbonyl (C=O) groups excluding carboxylic acids is 1. The number of halogens is 2. The van der Waals surface area contributed by atoms with Gasteiger partial charge in [-0.1, -0.05) is 47.5 Å². The summed E-state index contributed by atoms with van der Waals surface area (Å²) in [6.45, 7) is 0.